The lowest BCUT2D eigenvalue weighted by Gasteiger charge is -2.57. The summed E-state index contributed by atoms with van der Waals surface area (Å²) in [7, 11) is 0. The monoisotopic (exact) mass is 390 g/mol. The predicted molar refractivity (Wildman–Crippen MR) is 111 cm³/mol. The minimum atomic E-state index is -0.719. The van der Waals surface area contributed by atoms with Gasteiger partial charge in [0.1, 0.15) is 5.01 Å². The lowest BCUT2D eigenvalue weighted by atomic mass is 9.63. The number of hydrogen-bond acceptors (Lipinski definition) is 4. The molecule has 0 radical (unpaired) electrons. The first-order valence-electron chi connectivity index (χ1n) is 9.38. The highest BCUT2D eigenvalue weighted by molar-refractivity contribution is 7.18. The number of hydrogen-bond donors (Lipinski definition) is 1. The van der Waals surface area contributed by atoms with Crippen molar-refractivity contribution in [3.05, 3.63) is 54.0 Å². The summed E-state index contributed by atoms with van der Waals surface area (Å²) in [6, 6.07) is 11.4. The van der Waals surface area contributed by atoms with Gasteiger partial charge in [-0.25, -0.2) is 9.37 Å². The third-order valence-corrected chi connectivity index (χ3v) is 7.05. The Balaban J connectivity index is 1.36. The second-order valence-corrected chi connectivity index (χ2v) is 8.82. The summed E-state index contributed by atoms with van der Waals surface area (Å²) in [6.07, 6.45) is 11.2. The fourth-order valence-corrected chi connectivity index (χ4v) is 5.05. The number of aromatic hydroxyl groups is 1. The van der Waals surface area contributed by atoms with Crippen LogP contribution in [0.25, 0.3) is 21.0 Å². The molecule has 3 nitrogen and oxygen atoms in total. The zero-order valence-corrected chi connectivity index (χ0v) is 16.1. The van der Waals surface area contributed by atoms with Gasteiger partial charge in [-0.3, -0.25) is 0 Å². The Labute approximate surface area is 167 Å². The minimum absolute atomic E-state index is 0.146. The highest BCUT2D eigenvalue weighted by atomic mass is 32.1. The maximum absolute atomic E-state index is 13.9. The molecule has 1 aromatic heterocycles. The van der Waals surface area contributed by atoms with Gasteiger partial charge in [0.05, 0.1) is 10.4 Å². The lowest BCUT2D eigenvalue weighted by Crippen LogP contribution is -2.59. The Morgan fingerprint density at radius 1 is 1.14 bits per heavy atom. The van der Waals surface area contributed by atoms with E-state index in [-0.39, 0.29) is 5.56 Å². The van der Waals surface area contributed by atoms with Gasteiger partial charge in [0.25, 0.3) is 0 Å². The minimum Gasteiger partial charge on any atom is -0.504 e. The quantitative estimate of drug-likeness (QED) is 0.617. The highest BCUT2D eigenvalue weighted by Crippen LogP contribution is 2.49. The average Bonchev–Trinajstić information content (AvgIpc) is 3.12. The van der Waals surface area contributed by atoms with Gasteiger partial charge < -0.3 is 10.0 Å². The van der Waals surface area contributed by atoms with E-state index in [0.717, 1.165) is 15.4 Å². The first kappa shape index (κ1) is 17.3. The number of phenolic OH excluding ortho intramolecular Hbond substituents is 1. The predicted octanol–water partition coefficient (Wildman–Crippen LogP) is 5.29. The molecule has 0 atom stereocenters. The molecule has 2 fully saturated rings. The molecule has 0 bridgehead atoms. The van der Waals surface area contributed by atoms with Crippen LogP contribution >= 0.6 is 11.3 Å². The Morgan fingerprint density at radius 2 is 1.89 bits per heavy atom. The Morgan fingerprint density at radius 3 is 2.54 bits per heavy atom. The average molecular weight is 390 g/mol. The largest absolute Gasteiger partial charge is 0.504 e. The summed E-state index contributed by atoms with van der Waals surface area (Å²) in [5.74, 6) is 1.11. The van der Waals surface area contributed by atoms with Crippen LogP contribution in [-0.2, 0) is 0 Å². The maximum atomic E-state index is 13.9. The third-order valence-electron chi connectivity index (χ3n) is 5.96. The van der Waals surface area contributed by atoms with Gasteiger partial charge in [-0.15, -0.1) is 17.8 Å². The number of terminal acetylenes is 1. The molecule has 5 rings (SSSR count). The van der Waals surface area contributed by atoms with Gasteiger partial charge in [-0.2, -0.15) is 0 Å². The van der Waals surface area contributed by atoms with Crippen molar-refractivity contribution >= 4 is 17.0 Å². The standard InChI is InChI=1S/C23H19FN2OS/c1-2-15-10-17(11-19(24)21(15)27)20-12-25-22(28-20)16-4-6-18(7-5-16)26-13-23(14-26)8-3-9-23/h1,4-7,10-12,27H,3,8-9,13-14H2. The number of benzene rings is 2. The molecule has 5 heteroatoms. The fraction of sp³-hybridized carbons (Fsp3) is 0.261. The first-order chi connectivity index (χ1) is 13.6. The molecular weight excluding hydrogens is 371 g/mol. The number of anilines is 1. The van der Waals surface area contributed by atoms with Crippen LogP contribution in [-0.4, -0.2) is 23.2 Å². The summed E-state index contributed by atoms with van der Waals surface area (Å²) in [6.45, 7) is 2.36. The van der Waals surface area contributed by atoms with E-state index >= 15 is 0 Å². The van der Waals surface area contributed by atoms with Gasteiger partial charge in [-0.05, 0) is 54.8 Å². The summed E-state index contributed by atoms with van der Waals surface area (Å²) in [5.41, 5.74) is 3.68. The summed E-state index contributed by atoms with van der Waals surface area (Å²) >= 11 is 1.48. The molecule has 1 spiro atoms. The van der Waals surface area contributed by atoms with Crippen LogP contribution in [0.3, 0.4) is 0 Å². The molecule has 2 aromatic carbocycles. The topological polar surface area (TPSA) is 36.4 Å². The van der Waals surface area contributed by atoms with Crippen molar-refractivity contribution in [1.29, 1.82) is 0 Å². The van der Waals surface area contributed by atoms with Crippen LogP contribution < -0.4 is 4.90 Å². The van der Waals surface area contributed by atoms with E-state index in [9.17, 15) is 9.50 Å². The molecule has 140 valence electrons. The molecule has 1 N–H and O–H groups in total. The smallest absolute Gasteiger partial charge is 0.167 e. The number of aromatic nitrogens is 1. The second-order valence-electron chi connectivity index (χ2n) is 7.78. The van der Waals surface area contributed by atoms with E-state index in [2.05, 4.69) is 40.1 Å². The van der Waals surface area contributed by atoms with Crippen molar-refractivity contribution in [3.63, 3.8) is 0 Å². The van der Waals surface area contributed by atoms with E-state index in [1.807, 2.05) is 0 Å². The summed E-state index contributed by atoms with van der Waals surface area (Å²) < 4.78 is 13.9. The van der Waals surface area contributed by atoms with Gasteiger partial charge in [0, 0.05) is 36.0 Å². The molecule has 1 saturated carbocycles. The summed E-state index contributed by atoms with van der Waals surface area (Å²) in [5, 5.41) is 10.5. The molecule has 1 aliphatic heterocycles. The van der Waals surface area contributed by atoms with Crippen LogP contribution in [0.1, 0.15) is 24.8 Å². The van der Waals surface area contributed by atoms with Crippen molar-refractivity contribution in [2.24, 2.45) is 5.41 Å². The number of halogens is 1. The van der Waals surface area contributed by atoms with Crippen molar-refractivity contribution in [2.75, 3.05) is 18.0 Å². The van der Waals surface area contributed by atoms with Crippen LogP contribution in [0, 0.1) is 23.6 Å². The Hall–Kier alpha value is -2.84. The van der Waals surface area contributed by atoms with Crippen molar-refractivity contribution in [2.45, 2.75) is 19.3 Å². The van der Waals surface area contributed by atoms with Crippen molar-refractivity contribution in [1.82, 2.24) is 4.98 Å². The fourth-order valence-electron chi connectivity index (χ4n) is 4.15. The van der Waals surface area contributed by atoms with Crippen molar-refractivity contribution in [3.8, 4) is 39.1 Å². The van der Waals surface area contributed by atoms with Gasteiger partial charge in [0.2, 0.25) is 0 Å². The molecule has 28 heavy (non-hydrogen) atoms. The SMILES string of the molecule is C#Cc1cc(-c2cnc(-c3ccc(N4CC5(CCC5)C4)cc3)s2)cc(F)c1O. The van der Waals surface area contributed by atoms with Crippen LogP contribution in [0.2, 0.25) is 0 Å². The Bertz CT molecular complexity index is 1080. The molecule has 1 aliphatic carbocycles. The number of phenols is 1. The molecule has 3 aromatic rings. The molecule has 2 heterocycles. The molecule has 0 amide bonds. The molecule has 2 aliphatic rings. The number of thiazole rings is 1. The molecule has 0 unspecified atom stereocenters. The highest BCUT2D eigenvalue weighted by Gasteiger charge is 2.47. The normalized spacial score (nSPS) is 17.1. The van der Waals surface area contributed by atoms with Crippen LogP contribution in [0.4, 0.5) is 10.1 Å². The van der Waals surface area contributed by atoms with E-state index in [1.54, 1.807) is 12.3 Å². The van der Waals surface area contributed by atoms with Gasteiger partial charge >= 0.3 is 0 Å². The van der Waals surface area contributed by atoms with Gasteiger partial charge in [0.15, 0.2) is 11.6 Å². The number of nitrogens with zero attached hydrogens (tertiary/aromatic N) is 2. The molecule has 1 saturated heterocycles. The zero-order valence-electron chi connectivity index (χ0n) is 15.3. The van der Waals surface area contributed by atoms with E-state index < -0.39 is 11.6 Å². The second kappa shape index (κ2) is 6.35. The Kier molecular flexibility index (Phi) is 3.92. The summed E-state index contributed by atoms with van der Waals surface area (Å²) in [4.78, 5) is 7.74. The number of rotatable bonds is 3. The zero-order chi connectivity index (χ0) is 19.3. The molecular formula is C23H19FN2OS. The lowest BCUT2D eigenvalue weighted by molar-refractivity contribution is 0.0904. The van der Waals surface area contributed by atoms with E-state index in [1.165, 1.54) is 55.4 Å². The van der Waals surface area contributed by atoms with Crippen molar-refractivity contribution < 1.29 is 9.50 Å². The third kappa shape index (κ3) is 2.76. The van der Waals surface area contributed by atoms with Gasteiger partial charge in [-0.1, -0.05) is 12.3 Å². The maximum Gasteiger partial charge on any atom is 0.167 e. The first-order valence-corrected chi connectivity index (χ1v) is 10.2. The van der Waals surface area contributed by atoms with E-state index in [0.29, 0.717) is 11.0 Å². The van der Waals surface area contributed by atoms with Crippen LogP contribution in [0.5, 0.6) is 5.75 Å². The van der Waals surface area contributed by atoms with Crippen LogP contribution in [0.15, 0.2) is 42.6 Å². The van der Waals surface area contributed by atoms with E-state index in [4.69, 9.17) is 6.42 Å².